The molecule has 4 nitrogen and oxygen atoms in total. The third-order valence-corrected chi connectivity index (χ3v) is 1.81. The molecule has 0 bridgehead atoms. The number of aliphatic carboxylic acids is 1. The Kier molecular flexibility index (Phi) is 17.3. The van der Waals surface area contributed by atoms with Gasteiger partial charge in [0.05, 0.1) is 6.54 Å². The van der Waals surface area contributed by atoms with Gasteiger partial charge in [0.1, 0.15) is 5.75 Å². The van der Waals surface area contributed by atoms with E-state index in [9.17, 15) is 9.90 Å². The number of phenols is 1. The Morgan fingerprint density at radius 2 is 1.32 bits per heavy atom. The maximum atomic E-state index is 9.33. The molecule has 0 aliphatic rings. The zero-order valence-electron chi connectivity index (χ0n) is 13.2. The molecule has 0 saturated carbocycles. The van der Waals surface area contributed by atoms with Crippen LogP contribution < -0.4 is 5.73 Å². The molecule has 1 rings (SSSR count). The van der Waals surface area contributed by atoms with Crippen LogP contribution in [0.15, 0.2) is 12.1 Å². The van der Waals surface area contributed by atoms with E-state index in [1.54, 1.807) is 0 Å². The summed E-state index contributed by atoms with van der Waals surface area (Å²) in [6, 6.07) is 3.95. The fraction of sp³-hybridized carbons (Fsp3) is 0.533. The molecular weight excluding hydrogens is 242 g/mol. The van der Waals surface area contributed by atoms with Gasteiger partial charge in [-0.05, 0) is 31.9 Å². The molecule has 4 heteroatoms. The van der Waals surface area contributed by atoms with Gasteiger partial charge in [-0.15, -0.1) is 0 Å². The van der Waals surface area contributed by atoms with Crippen molar-refractivity contribution in [1.82, 2.24) is 0 Å². The minimum absolute atomic E-state index is 0.278. The van der Waals surface area contributed by atoms with E-state index in [2.05, 4.69) is 5.73 Å². The fourth-order valence-electron chi connectivity index (χ4n) is 1.17. The first-order chi connectivity index (χ1) is 8.88. The standard InChI is InChI=1S/C9H12O.C2H5NO2.2C2H6/c1-6-4-7(2)9(10)8(3)5-6;3-1-2(4)5;2*1-2/h4-5,10H,1-3H3;1,3H2,(H,4,5);2*1-2H3. The monoisotopic (exact) mass is 271 g/mol. The predicted molar refractivity (Wildman–Crippen MR) is 81.7 cm³/mol. The number of carboxylic acids is 1. The third kappa shape index (κ3) is 12.7. The molecule has 112 valence electrons. The van der Waals surface area contributed by atoms with Gasteiger partial charge in [0.2, 0.25) is 0 Å². The van der Waals surface area contributed by atoms with E-state index in [0.29, 0.717) is 5.75 Å². The summed E-state index contributed by atoms with van der Waals surface area (Å²) in [5.74, 6) is -0.546. The van der Waals surface area contributed by atoms with Gasteiger partial charge >= 0.3 is 5.97 Å². The van der Waals surface area contributed by atoms with Crippen molar-refractivity contribution in [2.24, 2.45) is 5.73 Å². The van der Waals surface area contributed by atoms with E-state index in [-0.39, 0.29) is 6.54 Å². The van der Waals surface area contributed by atoms with Gasteiger partial charge in [0.15, 0.2) is 0 Å². The number of rotatable bonds is 1. The Morgan fingerprint density at radius 1 is 1.05 bits per heavy atom. The molecule has 0 heterocycles. The quantitative estimate of drug-likeness (QED) is 0.731. The molecule has 0 atom stereocenters. The second-order valence-corrected chi connectivity index (χ2v) is 3.35. The number of aryl methyl sites for hydroxylation is 3. The predicted octanol–water partition coefficient (Wildman–Crippen LogP) is 3.40. The molecule has 0 fully saturated rings. The maximum absolute atomic E-state index is 9.33. The molecule has 1 aromatic rings. The van der Waals surface area contributed by atoms with Crippen molar-refractivity contribution in [3.8, 4) is 5.75 Å². The first kappa shape index (κ1) is 22.6. The minimum Gasteiger partial charge on any atom is -0.507 e. The number of hydrogen-bond donors (Lipinski definition) is 3. The topological polar surface area (TPSA) is 83.5 Å². The number of aromatic hydroxyl groups is 1. The smallest absolute Gasteiger partial charge is 0.317 e. The van der Waals surface area contributed by atoms with E-state index in [4.69, 9.17) is 5.11 Å². The molecule has 19 heavy (non-hydrogen) atoms. The molecule has 0 aromatic heterocycles. The van der Waals surface area contributed by atoms with Gasteiger partial charge in [-0.3, -0.25) is 4.79 Å². The van der Waals surface area contributed by atoms with E-state index >= 15 is 0 Å². The van der Waals surface area contributed by atoms with Crippen LogP contribution >= 0.6 is 0 Å². The van der Waals surface area contributed by atoms with Gasteiger partial charge in [-0.2, -0.15) is 0 Å². The van der Waals surface area contributed by atoms with Crippen molar-refractivity contribution in [1.29, 1.82) is 0 Å². The lowest BCUT2D eigenvalue weighted by atomic mass is 10.1. The first-order valence-electron chi connectivity index (χ1n) is 6.57. The SMILES string of the molecule is CC.CC.Cc1cc(C)c(O)c(C)c1.NCC(=O)O. The molecule has 0 radical (unpaired) electrons. The highest BCUT2D eigenvalue weighted by Gasteiger charge is 1.98. The summed E-state index contributed by atoms with van der Waals surface area (Å²) < 4.78 is 0. The molecule has 0 aliphatic carbocycles. The van der Waals surface area contributed by atoms with Crippen molar-refractivity contribution in [2.75, 3.05) is 6.54 Å². The van der Waals surface area contributed by atoms with Gasteiger partial charge in [0.25, 0.3) is 0 Å². The Bertz CT molecular complexity index is 326. The van der Waals surface area contributed by atoms with Crippen LogP contribution in [0.3, 0.4) is 0 Å². The lowest BCUT2D eigenvalue weighted by Gasteiger charge is -2.03. The fourth-order valence-corrected chi connectivity index (χ4v) is 1.17. The van der Waals surface area contributed by atoms with Gasteiger partial charge in [-0.25, -0.2) is 0 Å². The second-order valence-electron chi connectivity index (χ2n) is 3.35. The number of carbonyl (C=O) groups is 1. The van der Waals surface area contributed by atoms with Crippen LogP contribution in [0.1, 0.15) is 44.4 Å². The molecule has 0 saturated heterocycles. The summed E-state index contributed by atoms with van der Waals surface area (Å²) in [6.45, 7) is 13.6. The molecule has 0 spiro atoms. The lowest BCUT2D eigenvalue weighted by molar-refractivity contribution is -0.135. The zero-order chi connectivity index (χ0) is 16.0. The van der Waals surface area contributed by atoms with Gasteiger partial charge < -0.3 is 15.9 Å². The number of nitrogens with two attached hydrogens (primary N) is 1. The summed E-state index contributed by atoms with van der Waals surface area (Å²) in [7, 11) is 0. The maximum Gasteiger partial charge on any atom is 0.317 e. The highest BCUT2D eigenvalue weighted by atomic mass is 16.4. The molecular formula is C15H29NO3. The summed E-state index contributed by atoms with van der Waals surface area (Å²) in [4.78, 5) is 9.24. The van der Waals surface area contributed by atoms with Crippen LogP contribution in [0, 0.1) is 20.8 Å². The first-order valence-corrected chi connectivity index (χ1v) is 6.57. The third-order valence-electron chi connectivity index (χ3n) is 1.81. The van der Waals surface area contributed by atoms with Crippen molar-refractivity contribution in [3.05, 3.63) is 28.8 Å². The number of carboxylic acid groups (broad SMARTS) is 1. The Labute approximate surface area is 117 Å². The van der Waals surface area contributed by atoms with Crippen molar-refractivity contribution in [2.45, 2.75) is 48.5 Å². The largest absolute Gasteiger partial charge is 0.507 e. The zero-order valence-corrected chi connectivity index (χ0v) is 13.2. The molecule has 0 unspecified atom stereocenters. The molecule has 4 N–H and O–H groups in total. The Hall–Kier alpha value is -1.55. The van der Waals surface area contributed by atoms with Crippen LogP contribution in [0.25, 0.3) is 0 Å². The van der Waals surface area contributed by atoms with Crippen LogP contribution in [0.4, 0.5) is 0 Å². The summed E-state index contributed by atoms with van der Waals surface area (Å²) in [5, 5.41) is 16.9. The molecule has 1 aromatic carbocycles. The van der Waals surface area contributed by atoms with Crippen molar-refractivity contribution >= 4 is 5.97 Å². The summed E-state index contributed by atoms with van der Waals surface area (Å²) >= 11 is 0. The summed E-state index contributed by atoms with van der Waals surface area (Å²) in [6.07, 6.45) is 0. The van der Waals surface area contributed by atoms with Crippen LogP contribution in [0.5, 0.6) is 5.75 Å². The Balaban J connectivity index is -0.000000242. The van der Waals surface area contributed by atoms with E-state index in [0.717, 1.165) is 11.1 Å². The minimum atomic E-state index is -0.968. The van der Waals surface area contributed by atoms with Crippen LogP contribution in [-0.4, -0.2) is 22.7 Å². The average molecular weight is 271 g/mol. The van der Waals surface area contributed by atoms with Crippen LogP contribution in [-0.2, 0) is 4.79 Å². The van der Waals surface area contributed by atoms with Gasteiger partial charge in [-0.1, -0.05) is 45.4 Å². The van der Waals surface area contributed by atoms with Crippen molar-refractivity contribution < 1.29 is 15.0 Å². The number of phenolic OH excluding ortho intramolecular Hbond substituents is 1. The van der Waals surface area contributed by atoms with Gasteiger partial charge in [0, 0.05) is 0 Å². The van der Waals surface area contributed by atoms with E-state index < -0.39 is 5.97 Å². The van der Waals surface area contributed by atoms with E-state index in [1.165, 1.54) is 5.56 Å². The highest BCUT2D eigenvalue weighted by Crippen LogP contribution is 2.21. The second kappa shape index (κ2) is 14.5. The molecule has 0 amide bonds. The lowest BCUT2D eigenvalue weighted by Crippen LogP contribution is -2.10. The average Bonchev–Trinajstić information content (AvgIpc) is 2.41. The van der Waals surface area contributed by atoms with Crippen LogP contribution in [0.2, 0.25) is 0 Å². The highest BCUT2D eigenvalue weighted by molar-refractivity contribution is 5.68. The normalized spacial score (nSPS) is 7.79. The number of hydrogen-bond acceptors (Lipinski definition) is 3. The van der Waals surface area contributed by atoms with Crippen molar-refractivity contribution in [3.63, 3.8) is 0 Å². The molecule has 0 aliphatic heterocycles. The van der Waals surface area contributed by atoms with E-state index in [1.807, 2.05) is 60.6 Å². The number of benzene rings is 1. The summed E-state index contributed by atoms with van der Waals surface area (Å²) in [5.41, 5.74) is 7.69. The Morgan fingerprint density at radius 3 is 1.53 bits per heavy atom.